The third-order valence-corrected chi connectivity index (χ3v) is 2.97. The number of aliphatic hydroxyl groups is 1. The first kappa shape index (κ1) is 17.1. The molecular weight excluding hydrogens is 278 g/mol. The van der Waals surface area contributed by atoms with Crippen molar-refractivity contribution in [3.8, 4) is 0 Å². The van der Waals surface area contributed by atoms with Crippen LogP contribution in [0.1, 0.15) is 30.3 Å². The molecule has 0 aliphatic rings. The van der Waals surface area contributed by atoms with Crippen molar-refractivity contribution in [1.29, 1.82) is 0 Å². The second-order valence-electron chi connectivity index (χ2n) is 4.67. The van der Waals surface area contributed by atoms with Gasteiger partial charge in [-0.15, -0.1) is 0 Å². The number of nitro groups is 1. The highest BCUT2D eigenvalue weighted by Crippen LogP contribution is 2.17. The van der Waals surface area contributed by atoms with Crippen LogP contribution in [0.3, 0.4) is 0 Å². The van der Waals surface area contributed by atoms with E-state index in [1.807, 2.05) is 6.92 Å². The minimum absolute atomic E-state index is 0.0789. The van der Waals surface area contributed by atoms with E-state index in [4.69, 9.17) is 9.84 Å². The number of nitrogens with zero attached hydrogens (tertiary/aromatic N) is 2. The molecule has 0 saturated carbocycles. The molecule has 21 heavy (non-hydrogen) atoms. The Morgan fingerprint density at radius 1 is 1.62 bits per heavy atom. The van der Waals surface area contributed by atoms with Gasteiger partial charge in [-0.2, -0.15) is 0 Å². The van der Waals surface area contributed by atoms with Crippen molar-refractivity contribution < 1.29 is 19.6 Å². The first-order chi connectivity index (χ1) is 10.0. The Balaban J connectivity index is 2.91. The molecule has 1 atom stereocenters. The third kappa shape index (κ3) is 4.83. The van der Waals surface area contributed by atoms with Crippen molar-refractivity contribution in [2.24, 2.45) is 0 Å². The predicted octanol–water partition coefficient (Wildman–Crippen LogP) is 0.933. The molecular formula is C13H21N3O5. The lowest BCUT2D eigenvalue weighted by molar-refractivity contribution is -0.384. The summed E-state index contributed by atoms with van der Waals surface area (Å²) >= 11 is 0. The zero-order valence-electron chi connectivity index (χ0n) is 12.2. The number of hydrogen-bond donors (Lipinski definition) is 2. The molecule has 1 heterocycles. The van der Waals surface area contributed by atoms with Gasteiger partial charge in [0.2, 0.25) is 0 Å². The average molecular weight is 299 g/mol. The van der Waals surface area contributed by atoms with Crippen LogP contribution in [0.2, 0.25) is 0 Å². The summed E-state index contributed by atoms with van der Waals surface area (Å²) in [6.45, 7) is 2.63. The molecule has 0 fully saturated rings. The van der Waals surface area contributed by atoms with Crippen molar-refractivity contribution in [3.05, 3.63) is 28.1 Å². The number of nitrogens with one attached hydrogen (secondary N) is 1. The SMILES string of the molecule is CCCn1cc([N+](=O)[O-])cc1C(=O)NC(CCO)COC. The van der Waals surface area contributed by atoms with E-state index in [1.165, 1.54) is 19.4 Å². The number of aromatic nitrogens is 1. The van der Waals surface area contributed by atoms with Gasteiger partial charge in [-0.3, -0.25) is 14.9 Å². The molecule has 0 saturated heterocycles. The number of rotatable bonds is 9. The predicted molar refractivity (Wildman–Crippen MR) is 76.2 cm³/mol. The van der Waals surface area contributed by atoms with E-state index < -0.39 is 10.8 Å². The van der Waals surface area contributed by atoms with Gasteiger partial charge in [-0.1, -0.05) is 6.92 Å². The van der Waals surface area contributed by atoms with Crippen molar-refractivity contribution in [3.63, 3.8) is 0 Å². The molecule has 0 aliphatic heterocycles. The van der Waals surface area contributed by atoms with Crippen LogP contribution in [-0.2, 0) is 11.3 Å². The maximum Gasteiger partial charge on any atom is 0.287 e. The zero-order chi connectivity index (χ0) is 15.8. The maximum atomic E-state index is 12.2. The van der Waals surface area contributed by atoms with Crippen LogP contribution in [0.5, 0.6) is 0 Å². The fourth-order valence-electron chi connectivity index (χ4n) is 2.02. The first-order valence-electron chi connectivity index (χ1n) is 6.78. The second kappa shape index (κ2) is 8.38. The Kier molecular flexibility index (Phi) is 6.83. The summed E-state index contributed by atoms with van der Waals surface area (Å²) in [6.07, 6.45) is 2.47. The van der Waals surface area contributed by atoms with Gasteiger partial charge in [0.1, 0.15) is 5.69 Å². The third-order valence-electron chi connectivity index (χ3n) is 2.97. The van der Waals surface area contributed by atoms with Gasteiger partial charge in [0, 0.05) is 26.3 Å². The summed E-state index contributed by atoms with van der Waals surface area (Å²) in [6, 6.07) is 0.921. The van der Waals surface area contributed by atoms with E-state index in [0.717, 1.165) is 6.42 Å². The van der Waals surface area contributed by atoms with E-state index in [-0.39, 0.29) is 30.6 Å². The van der Waals surface area contributed by atoms with Gasteiger partial charge < -0.3 is 19.7 Å². The quantitative estimate of drug-likeness (QED) is 0.521. The lowest BCUT2D eigenvalue weighted by Crippen LogP contribution is -2.39. The van der Waals surface area contributed by atoms with Crippen LogP contribution < -0.4 is 5.32 Å². The number of carbonyl (C=O) groups excluding carboxylic acids is 1. The van der Waals surface area contributed by atoms with Gasteiger partial charge >= 0.3 is 0 Å². The van der Waals surface area contributed by atoms with Gasteiger partial charge in [0.15, 0.2) is 0 Å². The molecule has 8 heteroatoms. The Hall–Kier alpha value is -1.93. The van der Waals surface area contributed by atoms with Crippen molar-refractivity contribution in [2.45, 2.75) is 32.4 Å². The fraction of sp³-hybridized carbons (Fsp3) is 0.615. The number of ether oxygens (including phenoxy) is 1. The Bertz CT molecular complexity index is 480. The smallest absolute Gasteiger partial charge is 0.287 e. The van der Waals surface area contributed by atoms with Crippen LogP contribution in [0.25, 0.3) is 0 Å². The molecule has 1 unspecified atom stereocenters. The first-order valence-corrected chi connectivity index (χ1v) is 6.78. The van der Waals surface area contributed by atoms with Crippen LogP contribution in [-0.4, -0.2) is 46.9 Å². The number of aliphatic hydroxyl groups excluding tert-OH is 1. The standard InChI is InChI=1S/C13H21N3O5/c1-3-5-15-8-11(16(19)20)7-12(15)13(18)14-10(4-6-17)9-21-2/h7-8,10,17H,3-6,9H2,1-2H3,(H,14,18). The highest BCUT2D eigenvalue weighted by molar-refractivity contribution is 5.93. The van der Waals surface area contributed by atoms with Crippen molar-refractivity contribution in [2.75, 3.05) is 20.3 Å². The molecule has 0 spiro atoms. The molecule has 1 rings (SSSR count). The van der Waals surface area contributed by atoms with Crippen LogP contribution in [0, 0.1) is 10.1 Å². The van der Waals surface area contributed by atoms with E-state index in [1.54, 1.807) is 4.57 Å². The highest BCUT2D eigenvalue weighted by atomic mass is 16.6. The number of carbonyl (C=O) groups is 1. The monoisotopic (exact) mass is 299 g/mol. The van der Waals surface area contributed by atoms with Gasteiger partial charge in [0.05, 0.1) is 23.8 Å². The van der Waals surface area contributed by atoms with E-state index >= 15 is 0 Å². The van der Waals surface area contributed by atoms with Gasteiger partial charge in [-0.05, 0) is 12.8 Å². The molecule has 0 bridgehead atoms. The normalized spacial score (nSPS) is 12.1. The van der Waals surface area contributed by atoms with Gasteiger partial charge in [0.25, 0.3) is 11.6 Å². The number of hydrogen-bond acceptors (Lipinski definition) is 5. The molecule has 8 nitrogen and oxygen atoms in total. The van der Waals surface area contributed by atoms with Crippen LogP contribution >= 0.6 is 0 Å². The van der Waals surface area contributed by atoms with Gasteiger partial charge in [-0.25, -0.2) is 0 Å². The lowest BCUT2D eigenvalue weighted by atomic mass is 10.2. The maximum absolute atomic E-state index is 12.2. The zero-order valence-corrected chi connectivity index (χ0v) is 12.2. The number of amides is 1. The molecule has 118 valence electrons. The lowest BCUT2D eigenvalue weighted by Gasteiger charge is -2.17. The van der Waals surface area contributed by atoms with E-state index in [9.17, 15) is 14.9 Å². The van der Waals surface area contributed by atoms with Crippen molar-refractivity contribution in [1.82, 2.24) is 9.88 Å². The fourth-order valence-corrected chi connectivity index (χ4v) is 2.02. The summed E-state index contributed by atoms with van der Waals surface area (Å²) in [4.78, 5) is 22.5. The summed E-state index contributed by atoms with van der Waals surface area (Å²) in [5, 5.41) is 22.5. The highest BCUT2D eigenvalue weighted by Gasteiger charge is 2.21. The van der Waals surface area contributed by atoms with E-state index in [0.29, 0.717) is 13.0 Å². The largest absolute Gasteiger partial charge is 0.396 e. The average Bonchev–Trinajstić information content (AvgIpc) is 2.84. The summed E-state index contributed by atoms with van der Waals surface area (Å²) in [7, 11) is 1.50. The minimum atomic E-state index is -0.525. The molecule has 0 radical (unpaired) electrons. The molecule has 1 amide bonds. The molecule has 0 aliphatic carbocycles. The Labute approximate surface area is 122 Å². The molecule has 1 aromatic heterocycles. The van der Waals surface area contributed by atoms with Crippen LogP contribution in [0.4, 0.5) is 5.69 Å². The Morgan fingerprint density at radius 3 is 2.86 bits per heavy atom. The summed E-state index contributed by atoms with van der Waals surface area (Å²) in [5.74, 6) is -0.410. The molecule has 2 N–H and O–H groups in total. The van der Waals surface area contributed by atoms with E-state index in [2.05, 4.69) is 5.32 Å². The molecule has 0 aromatic carbocycles. The number of aryl methyl sites for hydroxylation is 1. The molecule has 1 aromatic rings. The summed E-state index contributed by atoms with van der Waals surface area (Å²) < 4.78 is 6.54. The second-order valence-corrected chi connectivity index (χ2v) is 4.67. The minimum Gasteiger partial charge on any atom is -0.396 e. The van der Waals surface area contributed by atoms with Crippen LogP contribution in [0.15, 0.2) is 12.3 Å². The topological polar surface area (TPSA) is 107 Å². The summed E-state index contributed by atoms with van der Waals surface area (Å²) in [5.41, 5.74) is 0.127. The van der Waals surface area contributed by atoms with Crippen molar-refractivity contribution >= 4 is 11.6 Å². The number of methoxy groups -OCH3 is 1. The Morgan fingerprint density at radius 2 is 2.33 bits per heavy atom.